The van der Waals surface area contributed by atoms with Crippen LogP contribution in [0.4, 0.5) is 5.69 Å². The first-order valence-electron chi connectivity index (χ1n) is 6.09. The molecule has 3 nitrogen and oxygen atoms in total. The van der Waals surface area contributed by atoms with E-state index in [1.807, 2.05) is 19.1 Å². The van der Waals surface area contributed by atoms with Gasteiger partial charge in [-0.05, 0) is 39.0 Å². The molecule has 2 rings (SSSR count). The number of morpholine rings is 1. The van der Waals surface area contributed by atoms with Crippen molar-refractivity contribution in [2.24, 2.45) is 0 Å². The molecule has 18 heavy (non-hydrogen) atoms. The molecule has 1 fully saturated rings. The first-order chi connectivity index (χ1) is 8.41. The predicted octanol–water partition coefficient (Wildman–Crippen LogP) is 3.16. The van der Waals surface area contributed by atoms with E-state index in [4.69, 9.17) is 16.3 Å². The highest BCUT2D eigenvalue weighted by Crippen LogP contribution is 2.29. The van der Waals surface area contributed by atoms with E-state index in [1.165, 1.54) is 0 Å². The standard InChI is InChI=1S/C14H18ClNO2/c1-10-7-16(9-14(2,3)18-10)13-5-4-12(15)6-11(13)8-17/h4-6,8,10H,7,9H2,1-3H3. The largest absolute Gasteiger partial charge is 0.369 e. The molecule has 1 aliphatic heterocycles. The molecule has 0 spiro atoms. The fourth-order valence-corrected chi connectivity index (χ4v) is 2.73. The fourth-order valence-electron chi connectivity index (χ4n) is 2.54. The Labute approximate surface area is 113 Å². The molecule has 1 saturated heterocycles. The van der Waals surface area contributed by atoms with Gasteiger partial charge in [0.05, 0.1) is 11.7 Å². The summed E-state index contributed by atoms with van der Waals surface area (Å²) in [5, 5.41) is 0.585. The molecule has 0 bridgehead atoms. The van der Waals surface area contributed by atoms with Gasteiger partial charge in [-0.25, -0.2) is 0 Å². The summed E-state index contributed by atoms with van der Waals surface area (Å²) in [6, 6.07) is 5.42. The Morgan fingerprint density at radius 3 is 2.83 bits per heavy atom. The zero-order chi connectivity index (χ0) is 13.3. The third-order valence-corrected chi connectivity index (χ3v) is 3.26. The maximum Gasteiger partial charge on any atom is 0.152 e. The number of halogens is 1. The molecule has 4 heteroatoms. The van der Waals surface area contributed by atoms with Crippen LogP contribution >= 0.6 is 11.6 Å². The summed E-state index contributed by atoms with van der Waals surface area (Å²) in [5.41, 5.74) is 1.35. The van der Waals surface area contributed by atoms with Crippen LogP contribution in [0.15, 0.2) is 18.2 Å². The second kappa shape index (κ2) is 4.90. The highest BCUT2D eigenvalue weighted by Gasteiger charge is 2.32. The summed E-state index contributed by atoms with van der Waals surface area (Å²) >= 11 is 5.92. The lowest BCUT2D eigenvalue weighted by molar-refractivity contribution is -0.0749. The number of hydrogen-bond acceptors (Lipinski definition) is 3. The van der Waals surface area contributed by atoms with Crippen molar-refractivity contribution in [1.29, 1.82) is 0 Å². The average molecular weight is 268 g/mol. The molecule has 0 aliphatic carbocycles. The molecular formula is C14H18ClNO2. The molecule has 1 unspecified atom stereocenters. The van der Waals surface area contributed by atoms with Crippen LogP contribution in [0.1, 0.15) is 31.1 Å². The summed E-state index contributed by atoms with van der Waals surface area (Å²) in [6.07, 6.45) is 0.998. The number of aldehydes is 1. The Morgan fingerprint density at radius 1 is 1.50 bits per heavy atom. The van der Waals surface area contributed by atoms with Crippen molar-refractivity contribution < 1.29 is 9.53 Å². The zero-order valence-corrected chi connectivity index (χ0v) is 11.7. The predicted molar refractivity (Wildman–Crippen MR) is 73.7 cm³/mol. The Bertz CT molecular complexity index is 459. The summed E-state index contributed by atoms with van der Waals surface area (Å²) in [5.74, 6) is 0. The second-order valence-corrected chi connectivity index (χ2v) is 5.83. The Kier molecular flexibility index (Phi) is 3.64. The molecule has 98 valence electrons. The van der Waals surface area contributed by atoms with Gasteiger partial charge in [0.25, 0.3) is 0 Å². The van der Waals surface area contributed by atoms with Gasteiger partial charge in [0.2, 0.25) is 0 Å². The van der Waals surface area contributed by atoms with Crippen LogP contribution in [0.3, 0.4) is 0 Å². The Balaban J connectivity index is 2.33. The number of carbonyl (C=O) groups excluding carboxylic acids is 1. The average Bonchev–Trinajstić information content (AvgIpc) is 2.25. The third kappa shape index (κ3) is 2.85. The van der Waals surface area contributed by atoms with E-state index in [1.54, 1.807) is 6.07 Å². The van der Waals surface area contributed by atoms with Crippen molar-refractivity contribution in [3.05, 3.63) is 28.8 Å². The number of ether oxygens (including phenoxy) is 1. The minimum absolute atomic E-state index is 0.143. The van der Waals surface area contributed by atoms with Gasteiger partial charge < -0.3 is 9.64 Å². The van der Waals surface area contributed by atoms with Crippen LogP contribution in [0.2, 0.25) is 5.02 Å². The van der Waals surface area contributed by atoms with E-state index in [0.29, 0.717) is 10.6 Å². The quantitative estimate of drug-likeness (QED) is 0.771. The third-order valence-electron chi connectivity index (χ3n) is 3.03. The molecule has 0 saturated carbocycles. The van der Waals surface area contributed by atoms with Crippen LogP contribution in [0.5, 0.6) is 0 Å². The van der Waals surface area contributed by atoms with Gasteiger partial charge in [-0.15, -0.1) is 0 Å². The smallest absolute Gasteiger partial charge is 0.152 e. The van der Waals surface area contributed by atoms with Gasteiger partial charge in [-0.3, -0.25) is 4.79 Å². The maximum atomic E-state index is 11.1. The van der Waals surface area contributed by atoms with E-state index >= 15 is 0 Å². The van der Waals surface area contributed by atoms with E-state index in [2.05, 4.69) is 18.7 Å². The summed E-state index contributed by atoms with van der Waals surface area (Å²) in [7, 11) is 0. The first-order valence-corrected chi connectivity index (χ1v) is 6.46. The van der Waals surface area contributed by atoms with Crippen LogP contribution < -0.4 is 4.90 Å². The van der Waals surface area contributed by atoms with E-state index in [0.717, 1.165) is 25.1 Å². The lowest BCUT2D eigenvalue weighted by Crippen LogP contribution is -2.52. The van der Waals surface area contributed by atoms with Crippen molar-refractivity contribution in [2.75, 3.05) is 18.0 Å². The fraction of sp³-hybridized carbons (Fsp3) is 0.500. The monoisotopic (exact) mass is 267 g/mol. The van der Waals surface area contributed by atoms with Crippen molar-refractivity contribution in [3.63, 3.8) is 0 Å². The highest BCUT2D eigenvalue weighted by atomic mass is 35.5. The van der Waals surface area contributed by atoms with Gasteiger partial charge in [0, 0.05) is 29.4 Å². The number of rotatable bonds is 2. The van der Waals surface area contributed by atoms with Gasteiger partial charge in [0.1, 0.15) is 0 Å². The number of anilines is 1. The van der Waals surface area contributed by atoms with Crippen LogP contribution in [0, 0.1) is 0 Å². The van der Waals surface area contributed by atoms with Gasteiger partial charge in [0.15, 0.2) is 6.29 Å². The van der Waals surface area contributed by atoms with Crippen molar-refractivity contribution in [3.8, 4) is 0 Å². The SMILES string of the molecule is CC1CN(c2ccc(Cl)cc2C=O)CC(C)(C)O1. The molecule has 1 heterocycles. The number of benzene rings is 1. The molecule has 1 atom stereocenters. The van der Waals surface area contributed by atoms with Crippen molar-refractivity contribution in [2.45, 2.75) is 32.5 Å². The molecule has 0 radical (unpaired) electrons. The maximum absolute atomic E-state index is 11.1. The van der Waals surface area contributed by atoms with Gasteiger partial charge in [-0.2, -0.15) is 0 Å². The molecule has 1 aromatic rings. The van der Waals surface area contributed by atoms with Crippen molar-refractivity contribution >= 4 is 23.6 Å². The summed E-state index contributed by atoms with van der Waals surface area (Å²) in [4.78, 5) is 13.3. The molecule has 0 N–H and O–H groups in total. The van der Waals surface area contributed by atoms with Crippen LogP contribution in [0.25, 0.3) is 0 Å². The summed E-state index contributed by atoms with van der Waals surface area (Å²) in [6.45, 7) is 7.72. The minimum atomic E-state index is -0.211. The normalized spacial score (nSPS) is 22.9. The van der Waals surface area contributed by atoms with Crippen molar-refractivity contribution in [1.82, 2.24) is 0 Å². The van der Waals surface area contributed by atoms with Crippen LogP contribution in [-0.4, -0.2) is 31.1 Å². The minimum Gasteiger partial charge on any atom is -0.369 e. The topological polar surface area (TPSA) is 29.5 Å². The van der Waals surface area contributed by atoms with E-state index in [9.17, 15) is 4.79 Å². The lowest BCUT2D eigenvalue weighted by Gasteiger charge is -2.43. The number of carbonyl (C=O) groups is 1. The molecule has 1 aromatic carbocycles. The number of hydrogen-bond donors (Lipinski definition) is 0. The molecule has 0 aromatic heterocycles. The Hall–Kier alpha value is -1.06. The highest BCUT2D eigenvalue weighted by molar-refractivity contribution is 6.31. The van der Waals surface area contributed by atoms with Crippen LogP contribution in [-0.2, 0) is 4.74 Å². The van der Waals surface area contributed by atoms with Gasteiger partial charge >= 0.3 is 0 Å². The zero-order valence-electron chi connectivity index (χ0n) is 10.9. The number of nitrogens with zero attached hydrogens (tertiary/aromatic N) is 1. The summed E-state index contributed by atoms with van der Waals surface area (Å²) < 4.78 is 5.87. The first kappa shape index (κ1) is 13.4. The Morgan fingerprint density at radius 2 is 2.22 bits per heavy atom. The van der Waals surface area contributed by atoms with E-state index in [-0.39, 0.29) is 11.7 Å². The molecule has 1 aliphatic rings. The second-order valence-electron chi connectivity index (χ2n) is 5.39. The van der Waals surface area contributed by atoms with E-state index < -0.39 is 0 Å². The lowest BCUT2D eigenvalue weighted by atomic mass is 10.0. The van der Waals surface area contributed by atoms with Gasteiger partial charge in [-0.1, -0.05) is 11.6 Å². The molecular weight excluding hydrogens is 250 g/mol. The molecule has 0 amide bonds.